The van der Waals surface area contributed by atoms with Crippen molar-refractivity contribution >= 4 is 15.8 Å². The summed E-state index contributed by atoms with van der Waals surface area (Å²) >= 11 is 0. The van der Waals surface area contributed by atoms with Crippen LogP contribution in [0.3, 0.4) is 0 Å². The van der Waals surface area contributed by atoms with Crippen LogP contribution in [0.2, 0.25) is 0 Å². The lowest BCUT2D eigenvalue weighted by atomic mass is 10.1. The predicted octanol–water partition coefficient (Wildman–Crippen LogP) is -1.17. The fourth-order valence-corrected chi connectivity index (χ4v) is 5.77. The van der Waals surface area contributed by atoms with Gasteiger partial charge in [-0.15, -0.1) is 0 Å². The zero-order valence-electron chi connectivity index (χ0n) is 7.38. The monoisotopic (exact) mass is 217 g/mol. The van der Waals surface area contributed by atoms with E-state index in [1.807, 2.05) is 0 Å². The maximum absolute atomic E-state index is 11.6. The Morgan fingerprint density at radius 3 is 2.71 bits per heavy atom. The maximum atomic E-state index is 11.6. The number of fused-ring (bicyclic) bond motifs is 3. The average molecular weight is 217 g/mol. The van der Waals surface area contributed by atoms with Crippen LogP contribution in [-0.4, -0.2) is 36.0 Å². The second-order valence-corrected chi connectivity index (χ2v) is 6.90. The Labute approximate surface area is 81.2 Å². The van der Waals surface area contributed by atoms with Crippen LogP contribution in [0.25, 0.3) is 0 Å². The van der Waals surface area contributed by atoms with Crippen LogP contribution in [0.1, 0.15) is 6.42 Å². The first-order valence-corrected chi connectivity index (χ1v) is 6.33. The summed E-state index contributed by atoms with van der Waals surface area (Å²) in [5, 5.41) is 8.16. The van der Waals surface area contributed by atoms with Gasteiger partial charge >= 0.3 is 5.97 Å². The molecule has 0 amide bonds. The third-order valence-electron chi connectivity index (χ3n) is 3.91. The van der Waals surface area contributed by atoms with E-state index in [4.69, 9.17) is 10.8 Å². The number of carboxylic acid groups (broad SMARTS) is 1. The molecule has 1 saturated heterocycles. The van der Waals surface area contributed by atoms with Gasteiger partial charge in [-0.25, -0.2) is 8.42 Å². The number of carbonyl (C=O) groups is 1. The van der Waals surface area contributed by atoms with Crippen molar-refractivity contribution in [2.24, 2.45) is 23.5 Å². The number of aliphatic carboxylic acids is 1. The van der Waals surface area contributed by atoms with Crippen molar-refractivity contribution in [3.63, 3.8) is 0 Å². The molecule has 0 aromatic rings. The summed E-state index contributed by atoms with van der Waals surface area (Å²) in [5.41, 5.74) is 5.49. The summed E-state index contributed by atoms with van der Waals surface area (Å²) in [7, 11) is -3.19. The Morgan fingerprint density at radius 1 is 1.50 bits per heavy atom. The third kappa shape index (κ3) is 0.791. The van der Waals surface area contributed by atoms with Gasteiger partial charge in [-0.05, 0) is 12.3 Å². The summed E-state index contributed by atoms with van der Waals surface area (Å²) in [4.78, 5) is 10.8. The van der Waals surface area contributed by atoms with Gasteiger partial charge in [0.15, 0.2) is 9.84 Å². The lowest BCUT2D eigenvalue weighted by Gasteiger charge is -2.15. The molecule has 3 fully saturated rings. The fourth-order valence-electron chi connectivity index (χ4n) is 3.05. The second-order valence-electron chi connectivity index (χ2n) is 4.70. The van der Waals surface area contributed by atoms with Crippen molar-refractivity contribution in [1.29, 1.82) is 0 Å². The molecule has 5 nitrogen and oxygen atoms in total. The summed E-state index contributed by atoms with van der Waals surface area (Å²) in [6, 6.07) is 0. The van der Waals surface area contributed by atoms with E-state index in [1.165, 1.54) is 0 Å². The summed E-state index contributed by atoms with van der Waals surface area (Å²) < 4.78 is 23.2. The normalized spacial score (nSPS) is 56.9. The Morgan fingerprint density at radius 2 is 2.14 bits per heavy atom. The second kappa shape index (κ2) is 1.99. The number of rotatable bonds is 1. The molecule has 1 heterocycles. The van der Waals surface area contributed by atoms with Gasteiger partial charge in [-0.1, -0.05) is 0 Å². The van der Waals surface area contributed by atoms with Gasteiger partial charge in [0.25, 0.3) is 0 Å². The average Bonchev–Trinajstić information content (AvgIpc) is 2.82. The Bertz CT molecular complexity index is 431. The van der Waals surface area contributed by atoms with Gasteiger partial charge in [0.05, 0.1) is 16.9 Å². The van der Waals surface area contributed by atoms with Gasteiger partial charge in [-0.3, -0.25) is 4.79 Å². The fraction of sp³-hybridized carbons (Fsp3) is 0.875. The molecule has 0 aromatic heterocycles. The minimum absolute atomic E-state index is 0.0121. The van der Waals surface area contributed by atoms with Gasteiger partial charge in [0, 0.05) is 11.5 Å². The predicted molar refractivity (Wildman–Crippen MR) is 47.2 cm³/mol. The molecular weight excluding hydrogens is 206 g/mol. The van der Waals surface area contributed by atoms with Gasteiger partial charge < -0.3 is 10.8 Å². The van der Waals surface area contributed by atoms with Crippen LogP contribution in [-0.2, 0) is 14.6 Å². The summed E-state index contributed by atoms with van der Waals surface area (Å²) in [5.74, 6) is -1.96. The molecule has 0 unspecified atom stereocenters. The highest BCUT2D eigenvalue weighted by Crippen LogP contribution is 2.66. The highest BCUT2D eigenvalue weighted by Gasteiger charge is 2.79. The molecule has 3 aliphatic rings. The first-order chi connectivity index (χ1) is 6.38. The number of hydrogen-bond acceptors (Lipinski definition) is 4. The van der Waals surface area contributed by atoms with Crippen molar-refractivity contribution in [3.05, 3.63) is 0 Å². The molecule has 3 N–H and O–H groups in total. The lowest BCUT2D eigenvalue weighted by Crippen LogP contribution is -2.37. The van der Waals surface area contributed by atoms with E-state index < -0.39 is 32.5 Å². The number of nitrogens with two attached hydrogens (primary N) is 1. The van der Waals surface area contributed by atoms with Crippen LogP contribution in [0.5, 0.6) is 0 Å². The van der Waals surface area contributed by atoms with Gasteiger partial charge in [0.2, 0.25) is 0 Å². The van der Waals surface area contributed by atoms with Crippen molar-refractivity contribution in [3.8, 4) is 0 Å². The number of carboxylic acids is 1. The molecule has 0 radical (unpaired) electrons. The number of hydrogen-bond donors (Lipinski definition) is 2. The molecule has 0 spiro atoms. The molecular formula is C8H11NO4S. The zero-order chi connectivity index (χ0) is 10.3. The highest BCUT2D eigenvalue weighted by molar-refractivity contribution is 7.92. The van der Waals surface area contributed by atoms with Crippen molar-refractivity contribution in [1.82, 2.24) is 0 Å². The largest absolute Gasteiger partial charge is 0.481 e. The van der Waals surface area contributed by atoms with Crippen molar-refractivity contribution in [2.75, 3.05) is 5.75 Å². The number of sulfone groups is 1. The quantitative estimate of drug-likeness (QED) is 0.577. The van der Waals surface area contributed by atoms with Crippen LogP contribution in [0.4, 0.5) is 0 Å². The highest BCUT2D eigenvalue weighted by atomic mass is 32.2. The SMILES string of the molecule is N[C@]12C[C@H]1CS(=O)(=O)[C@H]1[C@H](C(=O)O)[C@H]12. The van der Waals surface area contributed by atoms with E-state index in [0.29, 0.717) is 6.42 Å². The van der Waals surface area contributed by atoms with Gasteiger partial charge in [-0.2, -0.15) is 0 Å². The molecule has 1 aliphatic heterocycles. The van der Waals surface area contributed by atoms with E-state index in [-0.39, 0.29) is 17.6 Å². The Hall–Kier alpha value is -0.620. The van der Waals surface area contributed by atoms with E-state index in [0.717, 1.165) is 0 Å². The zero-order valence-corrected chi connectivity index (χ0v) is 8.20. The molecule has 78 valence electrons. The maximum Gasteiger partial charge on any atom is 0.308 e. The standard InChI is InChI=1S/C8H11NO4S/c9-8-1-3(8)2-14(12,13)6-4(5(6)8)7(10)11/h3-6H,1-2,9H2,(H,10,11)/t3-,4+,5+,6-,8+/m0/s1. The van der Waals surface area contributed by atoms with Crippen LogP contribution < -0.4 is 5.73 Å². The molecule has 0 bridgehead atoms. The van der Waals surface area contributed by atoms with E-state index in [9.17, 15) is 13.2 Å². The first-order valence-electron chi connectivity index (χ1n) is 4.61. The van der Waals surface area contributed by atoms with Crippen LogP contribution in [0, 0.1) is 17.8 Å². The minimum atomic E-state index is -3.19. The smallest absolute Gasteiger partial charge is 0.308 e. The molecule has 14 heavy (non-hydrogen) atoms. The molecule has 2 aliphatic carbocycles. The lowest BCUT2D eigenvalue weighted by molar-refractivity contribution is -0.138. The molecule has 6 heteroatoms. The third-order valence-corrected chi connectivity index (χ3v) is 6.19. The van der Waals surface area contributed by atoms with Crippen LogP contribution in [0.15, 0.2) is 0 Å². The van der Waals surface area contributed by atoms with Crippen molar-refractivity contribution in [2.45, 2.75) is 17.2 Å². The summed E-state index contributed by atoms with van der Waals surface area (Å²) in [6.07, 6.45) is 0.678. The molecule has 2 saturated carbocycles. The minimum Gasteiger partial charge on any atom is -0.481 e. The van der Waals surface area contributed by atoms with E-state index >= 15 is 0 Å². The summed E-state index contributed by atoms with van der Waals surface area (Å²) in [6.45, 7) is 0. The Kier molecular flexibility index (Phi) is 1.23. The molecule has 0 aromatic carbocycles. The molecule has 5 atom stereocenters. The topological polar surface area (TPSA) is 97.5 Å². The first kappa shape index (κ1) is 8.67. The van der Waals surface area contributed by atoms with Gasteiger partial charge in [0.1, 0.15) is 0 Å². The van der Waals surface area contributed by atoms with Crippen molar-refractivity contribution < 1.29 is 18.3 Å². The Balaban J connectivity index is 2.02. The van der Waals surface area contributed by atoms with E-state index in [1.54, 1.807) is 0 Å². The molecule has 3 rings (SSSR count). The van der Waals surface area contributed by atoms with E-state index in [2.05, 4.69) is 0 Å². The van der Waals surface area contributed by atoms with Crippen LogP contribution >= 0.6 is 0 Å².